The molecule has 1 aliphatic carbocycles. The highest BCUT2D eigenvalue weighted by Crippen LogP contribution is 2.31. The standard InChI is InChI=1S/C15H17NO4S3/c1-10(17)20-15-11(18)9-12(14(15)19)21-7-4-8-22-23-13-5-2-3-6-16-13/h2-3,5-6,12,15H,4,7-9H2,1H3. The molecule has 0 aromatic carbocycles. The van der Waals surface area contributed by atoms with E-state index in [0.29, 0.717) is 0 Å². The molecule has 124 valence electrons. The second kappa shape index (κ2) is 9.34. The first-order chi connectivity index (χ1) is 11.1. The van der Waals surface area contributed by atoms with Crippen LogP contribution in [0.3, 0.4) is 0 Å². The van der Waals surface area contributed by atoms with Gasteiger partial charge in [-0.1, -0.05) is 16.9 Å². The van der Waals surface area contributed by atoms with Gasteiger partial charge in [-0.3, -0.25) is 14.4 Å². The Morgan fingerprint density at radius 2 is 2.17 bits per heavy atom. The third-order valence-electron chi connectivity index (χ3n) is 3.01. The molecule has 5 nitrogen and oxygen atoms in total. The van der Waals surface area contributed by atoms with E-state index in [9.17, 15) is 14.4 Å². The number of hydrogen-bond acceptors (Lipinski definition) is 8. The number of carbonyl (C=O) groups is 3. The van der Waals surface area contributed by atoms with Gasteiger partial charge >= 0.3 is 5.97 Å². The number of thioether (sulfide) groups is 1. The monoisotopic (exact) mass is 371 g/mol. The van der Waals surface area contributed by atoms with Gasteiger partial charge in [0.1, 0.15) is 5.03 Å². The Hall–Kier alpha value is -0.990. The zero-order valence-electron chi connectivity index (χ0n) is 12.6. The largest absolute Gasteiger partial charge is 0.446 e. The van der Waals surface area contributed by atoms with Crippen molar-refractivity contribution in [3.63, 3.8) is 0 Å². The van der Waals surface area contributed by atoms with Gasteiger partial charge < -0.3 is 4.74 Å². The predicted octanol–water partition coefficient (Wildman–Crippen LogP) is 2.79. The molecule has 1 saturated carbocycles. The van der Waals surface area contributed by atoms with E-state index >= 15 is 0 Å². The average molecular weight is 372 g/mol. The Morgan fingerprint density at radius 1 is 1.35 bits per heavy atom. The summed E-state index contributed by atoms with van der Waals surface area (Å²) in [6.07, 6.45) is 1.68. The quantitative estimate of drug-likeness (QED) is 0.299. The molecule has 0 amide bonds. The summed E-state index contributed by atoms with van der Waals surface area (Å²) in [5.41, 5.74) is 0. The van der Waals surface area contributed by atoms with Crippen LogP contribution in [0.15, 0.2) is 29.4 Å². The minimum atomic E-state index is -1.18. The number of Topliss-reactive ketones (excluding diaryl/α,β-unsaturated/α-hetero) is 2. The van der Waals surface area contributed by atoms with Gasteiger partial charge in [0.15, 0.2) is 11.6 Å². The number of ether oxygens (including phenoxy) is 1. The molecular weight excluding hydrogens is 354 g/mol. The topological polar surface area (TPSA) is 73.3 Å². The summed E-state index contributed by atoms with van der Waals surface area (Å²) >= 11 is 1.47. The molecule has 1 heterocycles. The molecule has 1 fully saturated rings. The Kier molecular flexibility index (Phi) is 7.45. The Bertz CT molecular complexity index is 567. The summed E-state index contributed by atoms with van der Waals surface area (Å²) in [6.45, 7) is 1.21. The van der Waals surface area contributed by atoms with Crippen LogP contribution in [0.4, 0.5) is 0 Å². The van der Waals surface area contributed by atoms with E-state index in [2.05, 4.69) is 4.98 Å². The Labute approximate surface area is 147 Å². The van der Waals surface area contributed by atoms with E-state index in [1.165, 1.54) is 18.7 Å². The van der Waals surface area contributed by atoms with E-state index in [1.807, 2.05) is 18.2 Å². The number of carbonyl (C=O) groups excluding carboxylic acids is 3. The second-order valence-electron chi connectivity index (χ2n) is 4.85. The van der Waals surface area contributed by atoms with Crippen LogP contribution in [-0.4, -0.2) is 45.4 Å². The zero-order chi connectivity index (χ0) is 16.7. The number of esters is 1. The van der Waals surface area contributed by atoms with Crippen LogP contribution < -0.4 is 0 Å². The van der Waals surface area contributed by atoms with E-state index in [0.717, 1.165) is 23.0 Å². The summed E-state index contributed by atoms with van der Waals surface area (Å²) in [5.74, 6) is 0.585. The van der Waals surface area contributed by atoms with Gasteiger partial charge in [-0.2, -0.15) is 0 Å². The van der Waals surface area contributed by atoms with E-state index < -0.39 is 12.1 Å². The van der Waals surface area contributed by atoms with Gasteiger partial charge in [0, 0.05) is 25.3 Å². The highest BCUT2D eigenvalue weighted by atomic mass is 33.1. The van der Waals surface area contributed by atoms with Gasteiger partial charge in [0.05, 0.1) is 5.25 Å². The Balaban J connectivity index is 1.62. The average Bonchev–Trinajstić information content (AvgIpc) is 2.79. The lowest BCUT2D eigenvalue weighted by Gasteiger charge is -2.09. The molecule has 0 aliphatic heterocycles. The normalized spacial score (nSPS) is 20.7. The van der Waals surface area contributed by atoms with Crippen LogP contribution in [-0.2, 0) is 19.1 Å². The first-order valence-electron chi connectivity index (χ1n) is 7.13. The lowest BCUT2D eigenvalue weighted by Crippen LogP contribution is -2.29. The van der Waals surface area contributed by atoms with Crippen LogP contribution in [0, 0.1) is 0 Å². The van der Waals surface area contributed by atoms with Crippen molar-refractivity contribution in [2.75, 3.05) is 11.5 Å². The van der Waals surface area contributed by atoms with Gasteiger partial charge in [-0.25, -0.2) is 4.98 Å². The Morgan fingerprint density at radius 3 is 2.87 bits per heavy atom. The molecule has 1 aliphatic rings. The summed E-state index contributed by atoms with van der Waals surface area (Å²) in [7, 11) is 3.35. The number of pyridine rings is 1. The predicted molar refractivity (Wildman–Crippen MR) is 93.6 cm³/mol. The number of hydrogen-bond donors (Lipinski definition) is 0. The van der Waals surface area contributed by atoms with Crippen LogP contribution in [0.1, 0.15) is 19.8 Å². The summed E-state index contributed by atoms with van der Waals surface area (Å²) < 4.78 is 4.79. The molecule has 2 rings (SSSR count). The van der Waals surface area contributed by atoms with Crippen molar-refractivity contribution >= 4 is 50.9 Å². The molecule has 2 atom stereocenters. The fourth-order valence-corrected chi connectivity index (χ4v) is 5.30. The number of rotatable bonds is 8. The molecule has 2 unspecified atom stereocenters. The fourth-order valence-electron chi connectivity index (χ4n) is 1.99. The fraction of sp³-hybridized carbons (Fsp3) is 0.467. The molecule has 8 heteroatoms. The molecule has 0 radical (unpaired) electrons. The third kappa shape index (κ3) is 5.86. The number of ketones is 2. The second-order valence-corrected chi connectivity index (χ2v) is 8.60. The molecule has 0 spiro atoms. The third-order valence-corrected chi connectivity index (χ3v) is 6.69. The zero-order valence-corrected chi connectivity index (χ0v) is 15.0. The highest BCUT2D eigenvalue weighted by Gasteiger charge is 2.43. The minimum Gasteiger partial charge on any atom is -0.446 e. The lowest BCUT2D eigenvalue weighted by atomic mass is 10.3. The summed E-state index contributed by atoms with van der Waals surface area (Å²) in [5, 5.41) is 0.603. The van der Waals surface area contributed by atoms with Crippen molar-refractivity contribution < 1.29 is 19.1 Å². The van der Waals surface area contributed by atoms with Crippen LogP contribution in [0.2, 0.25) is 0 Å². The molecule has 23 heavy (non-hydrogen) atoms. The highest BCUT2D eigenvalue weighted by molar-refractivity contribution is 8.76. The molecule has 1 aromatic heterocycles. The first kappa shape index (κ1) is 18.4. The lowest BCUT2D eigenvalue weighted by molar-refractivity contribution is -0.155. The van der Waals surface area contributed by atoms with Crippen molar-refractivity contribution in [1.82, 2.24) is 4.98 Å². The van der Waals surface area contributed by atoms with Crippen LogP contribution in [0.5, 0.6) is 0 Å². The molecule has 0 N–H and O–H groups in total. The SMILES string of the molecule is CC(=O)OC1C(=O)CC(SCCCSSc2ccccn2)C1=O. The minimum absolute atomic E-state index is 0.164. The maximum absolute atomic E-state index is 12.0. The molecule has 1 aromatic rings. The molecule has 0 saturated heterocycles. The van der Waals surface area contributed by atoms with Gasteiger partial charge in [0.2, 0.25) is 6.10 Å². The van der Waals surface area contributed by atoms with E-state index in [4.69, 9.17) is 4.74 Å². The van der Waals surface area contributed by atoms with Gasteiger partial charge in [-0.15, -0.1) is 11.8 Å². The van der Waals surface area contributed by atoms with Crippen LogP contribution >= 0.6 is 33.3 Å². The number of aromatic nitrogens is 1. The smallest absolute Gasteiger partial charge is 0.303 e. The van der Waals surface area contributed by atoms with Gasteiger partial charge in [0.25, 0.3) is 0 Å². The van der Waals surface area contributed by atoms with E-state index in [1.54, 1.807) is 27.8 Å². The van der Waals surface area contributed by atoms with Crippen molar-refractivity contribution in [2.45, 2.75) is 36.1 Å². The summed E-state index contributed by atoms with van der Waals surface area (Å²) in [6, 6.07) is 5.80. The first-order valence-corrected chi connectivity index (χ1v) is 10.5. The van der Waals surface area contributed by atoms with Gasteiger partial charge in [-0.05, 0) is 35.1 Å². The maximum atomic E-state index is 12.0. The van der Waals surface area contributed by atoms with Crippen molar-refractivity contribution in [3.05, 3.63) is 24.4 Å². The van der Waals surface area contributed by atoms with Crippen LogP contribution in [0.25, 0.3) is 0 Å². The molecular formula is C15H17NO4S3. The maximum Gasteiger partial charge on any atom is 0.303 e. The molecule has 0 bridgehead atoms. The van der Waals surface area contributed by atoms with E-state index in [-0.39, 0.29) is 23.2 Å². The summed E-state index contributed by atoms with van der Waals surface area (Å²) in [4.78, 5) is 38.8. The van der Waals surface area contributed by atoms with Crippen molar-refractivity contribution in [2.24, 2.45) is 0 Å². The van der Waals surface area contributed by atoms with Crippen molar-refractivity contribution in [3.8, 4) is 0 Å². The number of nitrogens with zero attached hydrogens (tertiary/aromatic N) is 1. The van der Waals surface area contributed by atoms with Crippen molar-refractivity contribution in [1.29, 1.82) is 0 Å².